The molecule has 0 spiro atoms. The normalized spacial score (nSPS) is 10.4. The van der Waals surface area contributed by atoms with E-state index in [-0.39, 0.29) is 23.4 Å². The highest BCUT2D eigenvalue weighted by Gasteiger charge is 2.14. The molecule has 0 radical (unpaired) electrons. The molecule has 104 valence electrons. The standard InChI is InChI=1S/C12H11N3O5/c1-2-9-10(16)13-12(18)14(11(9)17)7-3-5-8(6-4-7)15(19)20/h3-6,17H,2H2,1H3,(H,13,16,18). The fraction of sp³-hybridized carbons (Fsp3) is 0.167. The van der Waals surface area contributed by atoms with Gasteiger partial charge in [-0.1, -0.05) is 6.92 Å². The Balaban J connectivity index is 2.66. The van der Waals surface area contributed by atoms with Crippen LogP contribution in [0.3, 0.4) is 0 Å². The molecular weight excluding hydrogens is 266 g/mol. The number of hydrogen-bond donors (Lipinski definition) is 2. The second-order valence-corrected chi connectivity index (χ2v) is 4.02. The molecule has 1 aromatic heterocycles. The van der Waals surface area contributed by atoms with E-state index < -0.39 is 22.1 Å². The molecule has 2 rings (SSSR count). The van der Waals surface area contributed by atoms with Crippen molar-refractivity contribution in [2.24, 2.45) is 0 Å². The van der Waals surface area contributed by atoms with Gasteiger partial charge in [0.2, 0.25) is 5.88 Å². The van der Waals surface area contributed by atoms with Crippen molar-refractivity contribution in [1.29, 1.82) is 0 Å². The lowest BCUT2D eigenvalue weighted by atomic mass is 10.2. The summed E-state index contributed by atoms with van der Waals surface area (Å²) in [6, 6.07) is 5.05. The Hall–Kier alpha value is -2.90. The SMILES string of the molecule is CCc1c(O)n(-c2ccc([N+](=O)[O-])cc2)c(=O)[nH]c1=O. The number of aromatic hydroxyl groups is 1. The summed E-state index contributed by atoms with van der Waals surface area (Å²) in [5, 5.41) is 20.6. The quantitative estimate of drug-likeness (QED) is 0.632. The summed E-state index contributed by atoms with van der Waals surface area (Å²) in [6.07, 6.45) is 0.244. The molecule has 2 aromatic rings. The molecule has 0 aliphatic heterocycles. The summed E-state index contributed by atoms with van der Waals surface area (Å²) in [5.41, 5.74) is -1.29. The molecule has 2 N–H and O–H groups in total. The van der Waals surface area contributed by atoms with E-state index in [2.05, 4.69) is 4.98 Å². The Kier molecular flexibility index (Phi) is 3.38. The van der Waals surface area contributed by atoms with Crippen LogP contribution in [-0.2, 0) is 6.42 Å². The first-order valence-electron chi connectivity index (χ1n) is 5.77. The summed E-state index contributed by atoms with van der Waals surface area (Å²) < 4.78 is 0.893. The van der Waals surface area contributed by atoms with Crippen molar-refractivity contribution in [2.45, 2.75) is 13.3 Å². The van der Waals surface area contributed by atoms with Crippen LogP contribution in [0.1, 0.15) is 12.5 Å². The van der Waals surface area contributed by atoms with Crippen molar-refractivity contribution in [3.05, 3.63) is 60.8 Å². The van der Waals surface area contributed by atoms with Crippen molar-refractivity contribution in [1.82, 2.24) is 9.55 Å². The van der Waals surface area contributed by atoms with E-state index in [4.69, 9.17) is 0 Å². The number of non-ortho nitro benzene ring substituents is 1. The molecular formula is C12H11N3O5. The van der Waals surface area contributed by atoms with Crippen LogP contribution < -0.4 is 11.2 Å². The number of nitrogens with one attached hydrogen (secondary N) is 1. The lowest BCUT2D eigenvalue weighted by molar-refractivity contribution is -0.384. The van der Waals surface area contributed by atoms with Crippen LogP contribution in [0.2, 0.25) is 0 Å². The molecule has 1 heterocycles. The van der Waals surface area contributed by atoms with Crippen LogP contribution in [0, 0.1) is 10.1 Å². The van der Waals surface area contributed by atoms with E-state index >= 15 is 0 Å². The zero-order valence-electron chi connectivity index (χ0n) is 10.5. The predicted molar refractivity (Wildman–Crippen MR) is 70.4 cm³/mol. The van der Waals surface area contributed by atoms with Gasteiger partial charge in [-0.15, -0.1) is 0 Å². The minimum atomic E-state index is -0.807. The van der Waals surface area contributed by atoms with E-state index in [1.807, 2.05) is 0 Å². The van der Waals surface area contributed by atoms with Crippen molar-refractivity contribution in [2.75, 3.05) is 0 Å². The molecule has 0 saturated carbocycles. The first-order chi connectivity index (χ1) is 9.45. The zero-order chi connectivity index (χ0) is 14.9. The van der Waals surface area contributed by atoms with Crippen LogP contribution in [0.4, 0.5) is 5.69 Å². The summed E-state index contributed by atoms with van der Waals surface area (Å²) >= 11 is 0. The number of rotatable bonds is 3. The van der Waals surface area contributed by atoms with Gasteiger partial charge in [-0.25, -0.2) is 9.36 Å². The fourth-order valence-electron chi connectivity index (χ4n) is 1.84. The number of aromatic nitrogens is 2. The lowest BCUT2D eigenvalue weighted by Gasteiger charge is -2.10. The van der Waals surface area contributed by atoms with Crippen molar-refractivity contribution in [3.63, 3.8) is 0 Å². The minimum absolute atomic E-state index is 0.0722. The third kappa shape index (κ3) is 2.18. The summed E-state index contributed by atoms with van der Waals surface area (Å²) in [4.78, 5) is 35.4. The molecule has 0 fully saturated rings. The lowest BCUT2D eigenvalue weighted by Crippen LogP contribution is -2.31. The van der Waals surface area contributed by atoms with Crippen LogP contribution in [0.5, 0.6) is 5.88 Å². The number of hydrogen-bond acceptors (Lipinski definition) is 5. The molecule has 0 saturated heterocycles. The molecule has 0 bridgehead atoms. The van der Waals surface area contributed by atoms with Gasteiger partial charge in [0.1, 0.15) is 0 Å². The minimum Gasteiger partial charge on any atom is -0.494 e. The topological polar surface area (TPSA) is 118 Å². The highest BCUT2D eigenvalue weighted by Crippen LogP contribution is 2.19. The maximum atomic E-state index is 11.8. The van der Waals surface area contributed by atoms with Gasteiger partial charge in [-0.2, -0.15) is 0 Å². The summed E-state index contributed by atoms with van der Waals surface area (Å²) in [5.74, 6) is -0.463. The number of nitro benzene ring substituents is 1. The van der Waals surface area contributed by atoms with Crippen LogP contribution in [-0.4, -0.2) is 19.6 Å². The van der Waals surface area contributed by atoms with Gasteiger partial charge in [-0.3, -0.25) is 19.9 Å². The average molecular weight is 277 g/mol. The number of benzene rings is 1. The van der Waals surface area contributed by atoms with Gasteiger partial charge < -0.3 is 5.11 Å². The first kappa shape index (κ1) is 13.5. The van der Waals surface area contributed by atoms with Crippen molar-refractivity contribution >= 4 is 5.69 Å². The van der Waals surface area contributed by atoms with Crippen molar-refractivity contribution < 1.29 is 10.0 Å². The Morgan fingerprint density at radius 2 is 1.90 bits per heavy atom. The van der Waals surface area contributed by atoms with Crippen LogP contribution in [0.25, 0.3) is 5.69 Å². The monoisotopic (exact) mass is 277 g/mol. The first-order valence-corrected chi connectivity index (χ1v) is 5.77. The highest BCUT2D eigenvalue weighted by atomic mass is 16.6. The molecule has 0 atom stereocenters. The van der Waals surface area contributed by atoms with Gasteiger partial charge in [0.15, 0.2) is 0 Å². The van der Waals surface area contributed by atoms with E-state index in [0.29, 0.717) is 0 Å². The van der Waals surface area contributed by atoms with E-state index in [9.17, 15) is 24.8 Å². The Bertz CT molecular complexity index is 773. The number of H-pyrrole nitrogens is 1. The van der Waals surface area contributed by atoms with Gasteiger partial charge >= 0.3 is 5.69 Å². The van der Waals surface area contributed by atoms with Crippen LogP contribution >= 0.6 is 0 Å². The second kappa shape index (κ2) is 5.00. The molecule has 1 aromatic carbocycles. The summed E-state index contributed by atoms with van der Waals surface area (Å²) in [7, 11) is 0. The Labute approximate surface area is 112 Å². The molecule has 0 aliphatic rings. The van der Waals surface area contributed by atoms with E-state index in [0.717, 1.165) is 4.57 Å². The largest absolute Gasteiger partial charge is 0.494 e. The number of nitrogens with zero attached hydrogens (tertiary/aromatic N) is 2. The smallest absolute Gasteiger partial charge is 0.335 e. The Morgan fingerprint density at radius 1 is 1.30 bits per heavy atom. The number of nitro groups is 1. The molecule has 20 heavy (non-hydrogen) atoms. The third-order valence-corrected chi connectivity index (χ3v) is 2.85. The summed E-state index contributed by atoms with van der Waals surface area (Å²) in [6.45, 7) is 1.66. The van der Waals surface area contributed by atoms with Crippen LogP contribution in [0.15, 0.2) is 33.9 Å². The maximum Gasteiger partial charge on any atom is 0.335 e. The molecule has 0 aliphatic carbocycles. The molecule has 8 heteroatoms. The average Bonchev–Trinajstić information content (AvgIpc) is 2.39. The van der Waals surface area contributed by atoms with Gasteiger partial charge in [0.25, 0.3) is 11.2 Å². The van der Waals surface area contributed by atoms with Gasteiger partial charge in [-0.05, 0) is 18.6 Å². The van der Waals surface area contributed by atoms with Gasteiger partial charge in [0, 0.05) is 12.1 Å². The number of aromatic amines is 1. The second-order valence-electron chi connectivity index (χ2n) is 4.02. The maximum absolute atomic E-state index is 11.8. The highest BCUT2D eigenvalue weighted by molar-refractivity contribution is 5.43. The fourth-order valence-corrected chi connectivity index (χ4v) is 1.84. The zero-order valence-corrected chi connectivity index (χ0v) is 10.5. The molecule has 8 nitrogen and oxygen atoms in total. The van der Waals surface area contributed by atoms with E-state index in [1.54, 1.807) is 6.92 Å². The van der Waals surface area contributed by atoms with Crippen molar-refractivity contribution in [3.8, 4) is 11.6 Å². The molecule has 0 unspecified atom stereocenters. The van der Waals surface area contributed by atoms with Gasteiger partial charge in [0.05, 0.1) is 16.2 Å². The Morgan fingerprint density at radius 3 is 2.40 bits per heavy atom. The van der Waals surface area contributed by atoms with E-state index in [1.165, 1.54) is 24.3 Å². The molecule has 0 amide bonds. The third-order valence-electron chi connectivity index (χ3n) is 2.85. The predicted octanol–water partition coefficient (Wildman–Crippen LogP) is 0.702.